The summed E-state index contributed by atoms with van der Waals surface area (Å²) in [5, 5.41) is 10.1. The van der Waals surface area contributed by atoms with Crippen molar-refractivity contribution in [2.75, 3.05) is 19.5 Å². The fourth-order valence-corrected chi connectivity index (χ4v) is 4.99. The highest BCUT2D eigenvalue weighted by Crippen LogP contribution is 2.33. The number of anilines is 1. The van der Waals surface area contributed by atoms with E-state index in [2.05, 4.69) is 15.3 Å². The van der Waals surface area contributed by atoms with Gasteiger partial charge in [0.15, 0.2) is 16.6 Å². The molecule has 4 aromatic rings. The van der Waals surface area contributed by atoms with Gasteiger partial charge >= 0.3 is 0 Å². The van der Waals surface area contributed by atoms with E-state index in [-0.39, 0.29) is 12.3 Å². The third kappa shape index (κ3) is 4.47. The third-order valence-corrected chi connectivity index (χ3v) is 6.64. The van der Waals surface area contributed by atoms with Crippen molar-refractivity contribution in [1.82, 2.24) is 9.97 Å². The van der Waals surface area contributed by atoms with Crippen molar-refractivity contribution in [3.05, 3.63) is 52.2 Å². The highest BCUT2D eigenvalue weighted by molar-refractivity contribution is 7.16. The molecule has 0 bridgehead atoms. The van der Waals surface area contributed by atoms with E-state index in [0.29, 0.717) is 22.3 Å². The smallest absolute Gasteiger partial charge is 0.232 e. The molecule has 0 aliphatic rings. The lowest BCUT2D eigenvalue weighted by Crippen LogP contribution is -2.14. The number of thiophene rings is 1. The Kier molecular flexibility index (Phi) is 5.89. The topological polar surface area (TPSA) is 73.3 Å². The summed E-state index contributed by atoms with van der Waals surface area (Å²) in [6.07, 6.45) is 0.192. The molecule has 9 heteroatoms. The van der Waals surface area contributed by atoms with Crippen molar-refractivity contribution in [1.29, 1.82) is 0 Å². The quantitative estimate of drug-likeness (QED) is 0.425. The summed E-state index contributed by atoms with van der Waals surface area (Å²) in [5.41, 5.74) is 2.51. The predicted octanol–water partition coefficient (Wildman–Crippen LogP) is 5.19. The maximum atomic E-state index is 12.4. The second kappa shape index (κ2) is 8.73. The molecule has 0 atom stereocenters. The lowest BCUT2D eigenvalue weighted by atomic mass is 10.2. The fraction of sp³-hybridized carbons (Fsp3) is 0.150. The number of carbonyl (C=O) groups excluding carboxylic acids is 1. The highest BCUT2D eigenvalue weighted by atomic mass is 32.1. The largest absolute Gasteiger partial charge is 0.493 e. The van der Waals surface area contributed by atoms with E-state index in [1.54, 1.807) is 25.6 Å². The Balaban J connectivity index is 1.42. The van der Waals surface area contributed by atoms with E-state index < -0.39 is 0 Å². The Labute approximate surface area is 179 Å². The molecule has 0 aliphatic heterocycles. The van der Waals surface area contributed by atoms with E-state index >= 15 is 0 Å². The monoisotopic (exact) mass is 443 g/mol. The second-order valence-corrected chi connectivity index (χ2v) is 8.62. The molecule has 0 unspecified atom stereocenters. The van der Waals surface area contributed by atoms with Crippen LogP contribution in [0.25, 0.3) is 21.1 Å². The summed E-state index contributed by atoms with van der Waals surface area (Å²) < 4.78 is 10.6. The van der Waals surface area contributed by atoms with Crippen LogP contribution in [0.15, 0.2) is 46.5 Å². The summed E-state index contributed by atoms with van der Waals surface area (Å²) in [6.45, 7) is 0. The summed E-state index contributed by atoms with van der Waals surface area (Å²) >= 11 is 4.53. The fourth-order valence-electron chi connectivity index (χ4n) is 2.69. The molecule has 29 heavy (non-hydrogen) atoms. The first kappa shape index (κ1) is 19.6. The van der Waals surface area contributed by atoms with Crippen LogP contribution in [0.3, 0.4) is 0 Å². The van der Waals surface area contributed by atoms with Gasteiger partial charge in [0.25, 0.3) is 0 Å². The average molecular weight is 444 g/mol. The van der Waals surface area contributed by atoms with Crippen LogP contribution in [0, 0.1) is 0 Å². The first-order chi connectivity index (χ1) is 14.2. The molecular formula is C20H17N3O3S3. The van der Waals surface area contributed by atoms with Crippen molar-refractivity contribution >= 4 is 45.0 Å². The van der Waals surface area contributed by atoms with Crippen LogP contribution < -0.4 is 14.8 Å². The molecule has 1 N–H and O–H groups in total. The minimum Gasteiger partial charge on any atom is -0.493 e. The number of carbonyl (C=O) groups is 1. The minimum absolute atomic E-state index is 0.138. The average Bonchev–Trinajstić information content (AvgIpc) is 3.49. The molecule has 3 heterocycles. The molecule has 6 nitrogen and oxygen atoms in total. The highest BCUT2D eigenvalue weighted by Gasteiger charge is 2.13. The van der Waals surface area contributed by atoms with E-state index in [0.717, 1.165) is 21.1 Å². The van der Waals surface area contributed by atoms with Crippen LogP contribution in [0.4, 0.5) is 5.13 Å². The van der Waals surface area contributed by atoms with Crippen LogP contribution in [0.2, 0.25) is 0 Å². The van der Waals surface area contributed by atoms with E-state index in [1.165, 1.54) is 22.7 Å². The van der Waals surface area contributed by atoms with Gasteiger partial charge in [-0.25, -0.2) is 9.97 Å². The van der Waals surface area contributed by atoms with Gasteiger partial charge in [-0.2, -0.15) is 0 Å². The Bertz CT molecular complexity index is 1120. The molecular weight excluding hydrogens is 426 g/mol. The van der Waals surface area contributed by atoms with Crippen molar-refractivity contribution in [3.63, 3.8) is 0 Å². The molecule has 1 amide bonds. The molecule has 0 radical (unpaired) electrons. The molecule has 148 valence electrons. The molecule has 0 fully saturated rings. The first-order valence-corrected chi connectivity index (χ1v) is 11.3. The standard InChI is InChI=1S/C20H17N3O3S3/c1-25-15-6-5-12(8-16(15)26-2)19-21-13(10-28-19)9-18(24)23-20-22-14(11-29-20)17-4-3-7-27-17/h3-8,10-11H,9H2,1-2H3,(H,22,23,24). The second-order valence-electron chi connectivity index (χ2n) is 5.95. The van der Waals surface area contributed by atoms with Gasteiger partial charge in [-0.3, -0.25) is 4.79 Å². The summed E-state index contributed by atoms with van der Waals surface area (Å²) in [4.78, 5) is 22.5. The predicted molar refractivity (Wildman–Crippen MR) is 118 cm³/mol. The molecule has 3 aromatic heterocycles. The Hall–Kier alpha value is -2.75. The Morgan fingerprint density at radius 3 is 2.66 bits per heavy atom. The van der Waals surface area contributed by atoms with Crippen molar-refractivity contribution in [2.45, 2.75) is 6.42 Å². The maximum Gasteiger partial charge on any atom is 0.232 e. The van der Waals surface area contributed by atoms with E-state index in [4.69, 9.17) is 9.47 Å². The maximum absolute atomic E-state index is 12.4. The summed E-state index contributed by atoms with van der Waals surface area (Å²) in [7, 11) is 3.20. The molecule has 1 aromatic carbocycles. The zero-order valence-corrected chi connectivity index (χ0v) is 18.1. The molecule has 0 aliphatic carbocycles. The van der Waals surface area contributed by atoms with Gasteiger partial charge in [-0.1, -0.05) is 6.07 Å². The van der Waals surface area contributed by atoms with Crippen LogP contribution in [-0.2, 0) is 11.2 Å². The number of methoxy groups -OCH3 is 2. The molecule has 0 saturated heterocycles. The molecule has 4 rings (SSSR count). The third-order valence-electron chi connectivity index (χ3n) is 4.05. The first-order valence-electron chi connectivity index (χ1n) is 8.62. The van der Waals surface area contributed by atoms with Crippen LogP contribution >= 0.6 is 34.0 Å². The number of nitrogens with zero attached hydrogens (tertiary/aromatic N) is 2. The van der Waals surface area contributed by atoms with Crippen LogP contribution in [0.1, 0.15) is 5.69 Å². The molecule has 0 saturated carbocycles. The number of thiazole rings is 2. The van der Waals surface area contributed by atoms with Gasteiger partial charge in [-0.05, 0) is 29.6 Å². The number of hydrogen-bond donors (Lipinski definition) is 1. The van der Waals surface area contributed by atoms with Crippen molar-refractivity contribution < 1.29 is 14.3 Å². The Morgan fingerprint density at radius 1 is 1.03 bits per heavy atom. The number of hydrogen-bond acceptors (Lipinski definition) is 8. The normalized spacial score (nSPS) is 10.7. The van der Waals surface area contributed by atoms with E-state index in [1.807, 2.05) is 46.5 Å². The SMILES string of the molecule is COc1ccc(-c2nc(CC(=O)Nc3nc(-c4cccs4)cs3)cs2)cc1OC. The van der Waals surface area contributed by atoms with Gasteiger partial charge in [0.2, 0.25) is 5.91 Å². The van der Waals surface area contributed by atoms with Gasteiger partial charge in [-0.15, -0.1) is 34.0 Å². The lowest BCUT2D eigenvalue weighted by Gasteiger charge is -2.08. The minimum atomic E-state index is -0.138. The number of amides is 1. The van der Waals surface area contributed by atoms with Crippen LogP contribution in [0.5, 0.6) is 11.5 Å². The zero-order chi connectivity index (χ0) is 20.2. The molecule has 0 spiro atoms. The van der Waals surface area contributed by atoms with Crippen molar-refractivity contribution in [2.24, 2.45) is 0 Å². The number of rotatable bonds is 7. The number of aromatic nitrogens is 2. The van der Waals surface area contributed by atoms with Gasteiger partial charge in [0.1, 0.15) is 5.01 Å². The van der Waals surface area contributed by atoms with Gasteiger partial charge in [0, 0.05) is 16.3 Å². The van der Waals surface area contributed by atoms with Crippen LogP contribution in [-0.4, -0.2) is 30.1 Å². The van der Waals surface area contributed by atoms with Gasteiger partial charge in [0.05, 0.1) is 36.9 Å². The number of benzene rings is 1. The summed E-state index contributed by atoms with van der Waals surface area (Å²) in [5.74, 6) is 1.17. The van der Waals surface area contributed by atoms with Gasteiger partial charge < -0.3 is 14.8 Å². The van der Waals surface area contributed by atoms with Crippen molar-refractivity contribution in [3.8, 4) is 32.6 Å². The number of nitrogens with one attached hydrogen (secondary N) is 1. The summed E-state index contributed by atoms with van der Waals surface area (Å²) in [6, 6.07) is 9.64. The van der Waals surface area contributed by atoms with E-state index in [9.17, 15) is 4.79 Å². The Morgan fingerprint density at radius 2 is 1.90 bits per heavy atom. The zero-order valence-electron chi connectivity index (χ0n) is 15.7. The number of ether oxygens (including phenoxy) is 2. The lowest BCUT2D eigenvalue weighted by molar-refractivity contribution is -0.115.